The van der Waals surface area contributed by atoms with Crippen LogP contribution in [0.15, 0.2) is 34.7 Å². The van der Waals surface area contributed by atoms with Gasteiger partial charge in [-0.05, 0) is 56.1 Å². The van der Waals surface area contributed by atoms with E-state index in [9.17, 15) is 13.2 Å². The minimum atomic E-state index is -3.62. The first-order chi connectivity index (χ1) is 17.1. The fraction of sp³-hybridized carbons (Fsp3) is 0.444. The maximum Gasteiger partial charge on any atom is 0.255 e. The molecule has 1 aromatic carbocycles. The molecule has 1 unspecified atom stereocenters. The molecule has 8 nitrogen and oxygen atoms in total. The summed E-state index contributed by atoms with van der Waals surface area (Å²) < 4.78 is 33.3. The van der Waals surface area contributed by atoms with Crippen LogP contribution in [0.1, 0.15) is 66.4 Å². The van der Waals surface area contributed by atoms with Crippen LogP contribution < -0.4 is 9.62 Å². The number of pyridine rings is 1. The summed E-state index contributed by atoms with van der Waals surface area (Å²) in [5.74, 6) is 0.869. The molecule has 3 aromatic rings. The van der Waals surface area contributed by atoms with Gasteiger partial charge >= 0.3 is 0 Å². The number of rotatable bonds is 10. The van der Waals surface area contributed by atoms with E-state index < -0.39 is 10.0 Å². The number of hydrogen-bond acceptors (Lipinski definition) is 6. The minimum absolute atomic E-state index is 0.187. The van der Waals surface area contributed by atoms with Crippen molar-refractivity contribution in [3.63, 3.8) is 0 Å². The molecule has 2 aromatic heterocycles. The number of fused-ring (bicyclic) bond motifs is 1. The molecule has 0 spiro atoms. The predicted octanol–water partition coefficient (Wildman–Crippen LogP) is 5.14. The van der Waals surface area contributed by atoms with Gasteiger partial charge in [0.1, 0.15) is 11.6 Å². The molecule has 1 atom stereocenters. The smallest absolute Gasteiger partial charge is 0.255 e. The molecule has 4 rings (SSSR count). The SMILES string of the molecule is CNC(=O)c1c(-c2ccc(C)cc2)oc2nc(N(CCCC(C)CC#N)S(C)(=O)=O)c(C3CC3)cc12. The quantitative estimate of drug-likeness (QED) is 0.405. The molecule has 1 amide bonds. The average molecular weight is 509 g/mol. The van der Waals surface area contributed by atoms with Crippen molar-refractivity contribution in [1.82, 2.24) is 10.3 Å². The zero-order valence-electron chi connectivity index (χ0n) is 21.2. The fourth-order valence-electron chi connectivity index (χ4n) is 4.45. The zero-order valence-corrected chi connectivity index (χ0v) is 22.0. The number of anilines is 1. The summed E-state index contributed by atoms with van der Waals surface area (Å²) in [5, 5.41) is 12.2. The molecule has 0 aliphatic heterocycles. The number of carbonyl (C=O) groups is 1. The Bertz CT molecular complexity index is 1420. The largest absolute Gasteiger partial charge is 0.437 e. The van der Waals surface area contributed by atoms with Crippen LogP contribution in [0.25, 0.3) is 22.4 Å². The summed E-state index contributed by atoms with van der Waals surface area (Å²) in [4.78, 5) is 17.7. The third-order valence-corrected chi connectivity index (χ3v) is 7.77. The van der Waals surface area contributed by atoms with Crippen LogP contribution in [-0.2, 0) is 10.0 Å². The van der Waals surface area contributed by atoms with E-state index in [4.69, 9.17) is 14.7 Å². The van der Waals surface area contributed by atoms with Gasteiger partial charge in [0, 0.05) is 25.6 Å². The predicted molar refractivity (Wildman–Crippen MR) is 140 cm³/mol. The number of nitrogens with zero attached hydrogens (tertiary/aromatic N) is 3. The van der Waals surface area contributed by atoms with Gasteiger partial charge in [-0.1, -0.05) is 36.8 Å². The van der Waals surface area contributed by atoms with E-state index >= 15 is 0 Å². The molecule has 2 heterocycles. The first-order valence-corrected chi connectivity index (χ1v) is 14.1. The van der Waals surface area contributed by atoms with Gasteiger partial charge < -0.3 is 9.73 Å². The number of furan rings is 1. The summed E-state index contributed by atoms with van der Waals surface area (Å²) in [7, 11) is -2.05. The summed E-state index contributed by atoms with van der Waals surface area (Å²) >= 11 is 0. The lowest BCUT2D eigenvalue weighted by molar-refractivity contribution is 0.0964. The Morgan fingerprint density at radius 3 is 2.58 bits per heavy atom. The highest BCUT2D eigenvalue weighted by molar-refractivity contribution is 7.92. The number of aromatic nitrogens is 1. The lowest BCUT2D eigenvalue weighted by atomic mass is 10.0. The Kier molecular flexibility index (Phi) is 7.36. The van der Waals surface area contributed by atoms with Gasteiger partial charge in [0.2, 0.25) is 15.7 Å². The topological polar surface area (TPSA) is 116 Å². The molecule has 9 heteroatoms. The highest BCUT2D eigenvalue weighted by Crippen LogP contribution is 2.46. The van der Waals surface area contributed by atoms with Crippen molar-refractivity contribution in [1.29, 1.82) is 5.26 Å². The highest BCUT2D eigenvalue weighted by atomic mass is 32.2. The molecule has 1 saturated carbocycles. The Labute approximate surface area is 212 Å². The van der Waals surface area contributed by atoms with Crippen molar-refractivity contribution < 1.29 is 17.6 Å². The molecule has 1 aliphatic rings. The summed E-state index contributed by atoms with van der Waals surface area (Å²) in [6.07, 6.45) is 4.84. The number of carbonyl (C=O) groups excluding carboxylic acids is 1. The van der Waals surface area contributed by atoms with Gasteiger partial charge in [-0.3, -0.25) is 9.10 Å². The van der Waals surface area contributed by atoms with Gasteiger partial charge in [0.15, 0.2) is 0 Å². The number of nitriles is 1. The summed E-state index contributed by atoms with van der Waals surface area (Å²) in [5.41, 5.74) is 3.28. The van der Waals surface area contributed by atoms with E-state index in [0.29, 0.717) is 35.4 Å². The van der Waals surface area contributed by atoms with Crippen LogP contribution in [0.5, 0.6) is 0 Å². The molecule has 190 valence electrons. The standard InChI is InChI=1S/C27H32N4O4S/c1-17(13-14-28)6-5-15-31(36(4,33)34)25-21(19-11-12-19)16-22-23(26(32)29-3)24(35-27(22)30-25)20-9-7-18(2)8-10-20/h7-10,16-17,19H,5-6,11-13,15H2,1-4H3,(H,29,32). The first-order valence-electron chi connectivity index (χ1n) is 12.2. The Balaban J connectivity index is 1.84. The maximum absolute atomic E-state index is 13.0. The Hall–Kier alpha value is -3.38. The molecule has 0 radical (unpaired) electrons. The van der Waals surface area contributed by atoms with E-state index in [2.05, 4.69) is 11.4 Å². The molecule has 0 saturated heterocycles. The monoisotopic (exact) mass is 508 g/mol. The summed E-state index contributed by atoms with van der Waals surface area (Å²) in [6, 6.07) is 11.7. The van der Waals surface area contributed by atoms with Crippen LogP contribution in [0.2, 0.25) is 0 Å². The van der Waals surface area contributed by atoms with Gasteiger partial charge in [0.25, 0.3) is 5.91 Å². The van der Waals surface area contributed by atoms with E-state index in [1.54, 1.807) is 7.05 Å². The Morgan fingerprint density at radius 2 is 2.00 bits per heavy atom. The van der Waals surface area contributed by atoms with Gasteiger partial charge in [-0.15, -0.1) is 0 Å². The second-order valence-electron chi connectivity index (χ2n) is 9.72. The fourth-order valence-corrected chi connectivity index (χ4v) is 5.37. The van der Waals surface area contributed by atoms with E-state index in [-0.39, 0.29) is 30.0 Å². The van der Waals surface area contributed by atoms with Crippen LogP contribution in [0, 0.1) is 24.2 Å². The van der Waals surface area contributed by atoms with Gasteiger partial charge in [0.05, 0.1) is 23.3 Å². The third-order valence-electron chi connectivity index (χ3n) is 6.61. The zero-order chi connectivity index (χ0) is 26.0. The molecule has 1 N–H and O–H groups in total. The van der Waals surface area contributed by atoms with Crippen LogP contribution in [-0.4, -0.2) is 39.2 Å². The van der Waals surface area contributed by atoms with Crippen LogP contribution >= 0.6 is 0 Å². The average Bonchev–Trinajstić information content (AvgIpc) is 3.61. The first kappa shape index (κ1) is 25.7. The molecule has 1 fully saturated rings. The van der Waals surface area contributed by atoms with Crippen molar-refractivity contribution >= 4 is 32.8 Å². The highest BCUT2D eigenvalue weighted by Gasteiger charge is 2.34. The maximum atomic E-state index is 13.0. The summed E-state index contributed by atoms with van der Waals surface area (Å²) in [6.45, 7) is 4.24. The van der Waals surface area contributed by atoms with Gasteiger partial charge in [-0.2, -0.15) is 10.2 Å². The van der Waals surface area contributed by atoms with Gasteiger partial charge in [-0.25, -0.2) is 8.42 Å². The second kappa shape index (κ2) is 10.3. The van der Waals surface area contributed by atoms with Crippen LogP contribution in [0.3, 0.4) is 0 Å². The molecule has 36 heavy (non-hydrogen) atoms. The molecule has 0 bridgehead atoms. The van der Waals surface area contributed by atoms with E-state index in [1.807, 2.05) is 44.2 Å². The minimum Gasteiger partial charge on any atom is -0.437 e. The van der Waals surface area contributed by atoms with Crippen molar-refractivity contribution in [3.8, 4) is 17.4 Å². The number of nitrogens with one attached hydrogen (secondary N) is 1. The lowest BCUT2D eigenvalue weighted by Gasteiger charge is -2.24. The number of amides is 1. The molecular weight excluding hydrogens is 476 g/mol. The molecule has 1 aliphatic carbocycles. The number of benzene rings is 1. The number of sulfonamides is 1. The Morgan fingerprint density at radius 1 is 1.31 bits per heavy atom. The second-order valence-corrected chi connectivity index (χ2v) is 11.6. The molecular formula is C27H32N4O4S. The number of aryl methyl sites for hydroxylation is 1. The van der Waals surface area contributed by atoms with Crippen LogP contribution in [0.4, 0.5) is 5.82 Å². The van der Waals surface area contributed by atoms with Crippen molar-refractivity contribution in [2.75, 3.05) is 24.2 Å². The van der Waals surface area contributed by atoms with E-state index in [1.165, 1.54) is 10.6 Å². The van der Waals surface area contributed by atoms with E-state index in [0.717, 1.165) is 36.0 Å². The van der Waals surface area contributed by atoms with Crippen molar-refractivity contribution in [2.24, 2.45) is 5.92 Å². The lowest BCUT2D eigenvalue weighted by Crippen LogP contribution is -2.32. The number of hydrogen-bond donors (Lipinski definition) is 1. The normalized spacial score (nSPS) is 14.4. The van der Waals surface area contributed by atoms with Crippen molar-refractivity contribution in [2.45, 2.75) is 51.9 Å². The third kappa shape index (κ3) is 5.39. The van der Waals surface area contributed by atoms with Crippen molar-refractivity contribution in [3.05, 3.63) is 47.0 Å².